The Hall–Kier alpha value is -1.91. The summed E-state index contributed by atoms with van der Waals surface area (Å²) in [7, 11) is 0. The molecule has 0 aromatic carbocycles. The molecule has 0 aliphatic carbocycles. The summed E-state index contributed by atoms with van der Waals surface area (Å²) in [6.07, 6.45) is 4.80. The van der Waals surface area contributed by atoms with E-state index in [0.29, 0.717) is 0 Å². The van der Waals surface area contributed by atoms with Crippen LogP contribution in [0.3, 0.4) is 0 Å². The van der Waals surface area contributed by atoms with Gasteiger partial charge in [-0.3, -0.25) is 4.68 Å². The summed E-state index contributed by atoms with van der Waals surface area (Å²) in [5.74, 6) is 1.77. The second kappa shape index (κ2) is 7.03. The minimum atomic E-state index is 0.830. The monoisotopic (exact) mass is 273 g/mol. The first kappa shape index (κ1) is 14.5. The van der Waals surface area contributed by atoms with Crippen LogP contribution in [-0.4, -0.2) is 26.3 Å². The summed E-state index contributed by atoms with van der Waals surface area (Å²) in [6.45, 7) is 8.20. The fourth-order valence-electron chi connectivity index (χ4n) is 2.07. The van der Waals surface area contributed by atoms with Gasteiger partial charge in [0.25, 0.3) is 0 Å². The van der Waals surface area contributed by atoms with E-state index in [0.717, 1.165) is 55.4 Å². The molecule has 0 unspecified atom stereocenters. The van der Waals surface area contributed by atoms with Gasteiger partial charge in [-0.2, -0.15) is 5.10 Å². The molecule has 0 saturated heterocycles. The molecule has 5 heteroatoms. The van der Waals surface area contributed by atoms with Crippen LogP contribution in [0.25, 0.3) is 11.4 Å². The van der Waals surface area contributed by atoms with Gasteiger partial charge in [-0.1, -0.05) is 20.8 Å². The molecule has 108 valence electrons. The summed E-state index contributed by atoms with van der Waals surface area (Å²) in [5, 5.41) is 7.71. The van der Waals surface area contributed by atoms with Gasteiger partial charge in [0.05, 0.1) is 11.4 Å². The number of rotatable bonds is 7. The first-order valence-electron chi connectivity index (χ1n) is 7.42. The number of nitrogens with one attached hydrogen (secondary N) is 1. The van der Waals surface area contributed by atoms with Gasteiger partial charge in [0.15, 0.2) is 0 Å². The first-order valence-corrected chi connectivity index (χ1v) is 7.42. The van der Waals surface area contributed by atoms with Crippen LogP contribution in [0.1, 0.15) is 39.4 Å². The molecular formula is C15H23N5. The summed E-state index contributed by atoms with van der Waals surface area (Å²) < 4.78 is 2.01. The van der Waals surface area contributed by atoms with Crippen molar-refractivity contribution < 1.29 is 0 Å². The first-order chi connectivity index (χ1) is 9.78. The second-order valence-electron chi connectivity index (χ2n) is 4.77. The Bertz CT molecular complexity index is 547. The summed E-state index contributed by atoms with van der Waals surface area (Å²) in [5.41, 5.74) is 2.00. The Balaban J connectivity index is 2.36. The molecule has 2 heterocycles. The van der Waals surface area contributed by atoms with Crippen molar-refractivity contribution in [3.8, 4) is 11.4 Å². The fraction of sp³-hybridized carbons (Fsp3) is 0.533. The molecule has 0 amide bonds. The summed E-state index contributed by atoms with van der Waals surface area (Å²) >= 11 is 0. The van der Waals surface area contributed by atoms with Gasteiger partial charge in [0.1, 0.15) is 11.6 Å². The molecule has 0 aliphatic rings. The van der Waals surface area contributed by atoms with Gasteiger partial charge >= 0.3 is 0 Å². The molecule has 0 aliphatic heterocycles. The molecule has 0 spiro atoms. The molecule has 1 N–H and O–H groups in total. The van der Waals surface area contributed by atoms with E-state index < -0.39 is 0 Å². The molecule has 20 heavy (non-hydrogen) atoms. The number of nitrogens with zero attached hydrogens (tertiary/aromatic N) is 4. The number of anilines is 1. The highest BCUT2D eigenvalue weighted by Crippen LogP contribution is 2.20. The maximum atomic E-state index is 4.63. The predicted octanol–water partition coefficient (Wildman–Crippen LogP) is 3.13. The normalized spacial score (nSPS) is 10.8. The SMILES string of the molecule is CCCNc1cc(-c2ccnn2CCC)nc(CC)n1. The maximum absolute atomic E-state index is 4.63. The Morgan fingerprint density at radius 2 is 2.00 bits per heavy atom. The Labute approximate surface area is 120 Å². The van der Waals surface area contributed by atoms with E-state index in [2.05, 4.69) is 41.2 Å². The van der Waals surface area contributed by atoms with Gasteiger partial charge in [-0.15, -0.1) is 0 Å². The molecule has 2 rings (SSSR count). The van der Waals surface area contributed by atoms with Crippen LogP contribution in [0.15, 0.2) is 18.3 Å². The number of aryl methyl sites for hydroxylation is 2. The molecule has 0 radical (unpaired) electrons. The minimum Gasteiger partial charge on any atom is -0.370 e. The molecule has 2 aromatic rings. The van der Waals surface area contributed by atoms with Crippen molar-refractivity contribution in [1.29, 1.82) is 0 Å². The number of hydrogen-bond acceptors (Lipinski definition) is 4. The third kappa shape index (κ3) is 3.35. The van der Waals surface area contributed by atoms with Crippen LogP contribution < -0.4 is 5.32 Å². The standard InChI is InChI=1S/C15H23N5/c1-4-8-16-15-11-12(18-14(6-3)19-15)13-7-9-17-20(13)10-5-2/h7,9,11H,4-6,8,10H2,1-3H3,(H,16,18,19). The molecular weight excluding hydrogens is 250 g/mol. The molecule has 0 saturated carbocycles. The topological polar surface area (TPSA) is 55.6 Å². The van der Waals surface area contributed by atoms with Crippen LogP contribution >= 0.6 is 0 Å². The van der Waals surface area contributed by atoms with Gasteiger partial charge in [-0.25, -0.2) is 9.97 Å². The van der Waals surface area contributed by atoms with Gasteiger partial charge in [0, 0.05) is 31.8 Å². The minimum absolute atomic E-state index is 0.830. The van der Waals surface area contributed by atoms with Gasteiger partial charge < -0.3 is 5.32 Å². The summed E-state index contributed by atoms with van der Waals surface area (Å²) in [6, 6.07) is 4.03. The largest absolute Gasteiger partial charge is 0.370 e. The second-order valence-corrected chi connectivity index (χ2v) is 4.77. The van der Waals surface area contributed by atoms with Crippen molar-refractivity contribution >= 4 is 5.82 Å². The van der Waals surface area contributed by atoms with Crippen LogP contribution in [0.5, 0.6) is 0 Å². The van der Waals surface area contributed by atoms with Crippen molar-refractivity contribution in [1.82, 2.24) is 19.7 Å². The molecule has 0 fully saturated rings. The van der Waals surface area contributed by atoms with Crippen LogP contribution in [0.4, 0.5) is 5.82 Å². The number of aromatic nitrogens is 4. The Morgan fingerprint density at radius 3 is 2.70 bits per heavy atom. The van der Waals surface area contributed by atoms with E-state index in [1.807, 2.05) is 23.0 Å². The maximum Gasteiger partial charge on any atom is 0.131 e. The van der Waals surface area contributed by atoms with E-state index in [1.165, 1.54) is 0 Å². The zero-order chi connectivity index (χ0) is 14.4. The highest BCUT2D eigenvalue weighted by Gasteiger charge is 2.10. The van der Waals surface area contributed by atoms with E-state index in [-0.39, 0.29) is 0 Å². The van der Waals surface area contributed by atoms with Crippen molar-refractivity contribution in [3.63, 3.8) is 0 Å². The average molecular weight is 273 g/mol. The van der Waals surface area contributed by atoms with Gasteiger partial charge in [0.2, 0.25) is 0 Å². The van der Waals surface area contributed by atoms with Crippen molar-refractivity contribution in [3.05, 3.63) is 24.2 Å². The lowest BCUT2D eigenvalue weighted by Gasteiger charge is -2.10. The molecule has 0 bridgehead atoms. The molecule has 5 nitrogen and oxygen atoms in total. The van der Waals surface area contributed by atoms with E-state index in [9.17, 15) is 0 Å². The van der Waals surface area contributed by atoms with Crippen LogP contribution in [0.2, 0.25) is 0 Å². The van der Waals surface area contributed by atoms with E-state index in [4.69, 9.17) is 0 Å². The number of hydrogen-bond donors (Lipinski definition) is 1. The lowest BCUT2D eigenvalue weighted by Crippen LogP contribution is -2.07. The van der Waals surface area contributed by atoms with Crippen molar-refractivity contribution in [2.75, 3.05) is 11.9 Å². The Kier molecular flexibility index (Phi) is 5.09. The third-order valence-electron chi connectivity index (χ3n) is 3.06. The van der Waals surface area contributed by atoms with Crippen LogP contribution in [0, 0.1) is 0 Å². The fourth-order valence-corrected chi connectivity index (χ4v) is 2.07. The zero-order valence-corrected chi connectivity index (χ0v) is 12.6. The smallest absolute Gasteiger partial charge is 0.131 e. The highest BCUT2D eigenvalue weighted by molar-refractivity contribution is 5.58. The highest BCUT2D eigenvalue weighted by atomic mass is 15.3. The van der Waals surface area contributed by atoms with E-state index >= 15 is 0 Å². The molecule has 0 atom stereocenters. The average Bonchev–Trinajstić information content (AvgIpc) is 2.93. The zero-order valence-electron chi connectivity index (χ0n) is 12.6. The lowest BCUT2D eigenvalue weighted by atomic mass is 10.2. The van der Waals surface area contributed by atoms with Crippen molar-refractivity contribution in [2.45, 2.75) is 46.6 Å². The predicted molar refractivity (Wildman–Crippen MR) is 81.7 cm³/mol. The lowest BCUT2D eigenvalue weighted by molar-refractivity contribution is 0.607. The third-order valence-corrected chi connectivity index (χ3v) is 3.06. The van der Waals surface area contributed by atoms with Gasteiger partial charge in [-0.05, 0) is 18.9 Å². The quantitative estimate of drug-likeness (QED) is 0.842. The van der Waals surface area contributed by atoms with E-state index in [1.54, 1.807) is 0 Å². The van der Waals surface area contributed by atoms with Crippen LogP contribution in [-0.2, 0) is 13.0 Å². The Morgan fingerprint density at radius 1 is 1.15 bits per heavy atom. The van der Waals surface area contributed by atoms with Crippen molar-refractivity contribution in [2.24, 2.45) is 0 Å². The molecule has 2 aromatic heterocycles. The summed E-state index contributed by atoms with van der Waals surface area (Å²) in [4.78, 5) is 9.16.